The molecule has 4 rings (SSSR count). The number of hydrogen-bond donors (Lipinski definition) is 0. The molecule has 0 saturated carbocycles. The molecular weight excluding hydrogens is 326 g/mol. The third kappa shape index (κ3) is 3.22. The van der Waals surface area contributed by atoms with Crippen molar-refractivity contribution < 1.29 is 0 Å². The lowest BCUT2D eigenvalue weighted by Crippen LogP contribution is -2.16. The van der Waals surface area contributed by atoms with Gasteiger partial charge in [0.25, 0.3) is 0 Å². The molecule has 0 saturated heterocycles. The summed E-state index contributed by atoms with van der Waals surface area (Å²) in [7, 11) is 0. The highest BCUT2D eigenvalue weighted by molar-refractivity contribution is 7.07. The fourth-order valence-corrected chi connectivity index (χ4v) is 4.11. The quantitative estimate of drug-likeness (QED) is 0.656. The highest BCUT2D eigenvalue weighted by atomic mass is 32.1. The SMILES string of the molecule is CC(C)N=c1scc(-c2ccccc2)n1N=C1CCc2ccccc21. The van der Waals surface area contributed by atoms with Crippen LogP contribution >= 0.6 is 11.3 Å². The van der Waals surface area contributed by atoms with Crippen molar-refractivity contribution in [3.05, 3.63) is 75.9 Å². The summed E-state index contributed by atoms with van der Waals surface area (Å²) in [6, 6.07) is 19.2. The molecule has 2 aromatic carbocycles. The van der Waals surface area contributed by atoms with E-state index in [0.29, 0.717) is 0 Å². The highest BCUT2D eigenvalue weighted by Crippen LogP contribution is 2.24. The number of nitrogens with zero attached hydrogens (tertiary/aromatic N) is 3. The second-order valence-corrected chi connectivity index (χ2v) is 7.34. The van der Waals surface area contributed by atoms with E-state index in [1.54, 1.807) is 11.3 Å². The van der Waals surface area contributed by atoms with Crippen molar-refractivity contribution in [1.82, 2.24) is 4.68 Å². The van der Waals surface area contributed by atoms with Crippen LogP contribution in [0.15, 0.2) is 70.1 Å². The van der Waals surface area contributed by atoms with Gasteiger partial charge in [0.1, 0.15) is 0 Å². The molecule has 0 fully saturated rings. The van der Waals surface area contributed by atoms with Crippen molar-refractivity contribution in [3.63, 3.8) is 0 Å². The van der Waals surface area contributed by atoms with E-state index < -0.39 is 0 Å². The third-order valence-electron chi connectivity index (χ3n) is 4.30. The fraction of sp³-hybridized carbons (Fsp3) is 0.238. The predicted octanol–water partition coefficient (Wildman–Crippen LogP) is 4.72. The lowest BCUT2D eigenvalue weighted by atomic mass is 10.1. The van der Waals surface area contributed by atoms with Crippen LogP contribution in [0.2, 0.25) is 0 Å². The highest BCUT2D eigenvalue weighted by Gasteiger charge is 2.18. The van der Waals surface area contributed by atoms with Crippen LogP contribution in [0.3, 0.4) is 0 Å². The van der Waals surface area contributed by atoms with Gasteiger partial charge < -0.3 is 0 Å². The molecule has 3 nitrogen and oxygen atoms in total. The molecule has 0 N–H and O–H groups in total. The first-order valence-corrected chi connectivity index (χ1v) is 9.56. The molecule has 4 heteroatoms. The Hall–Kier alpha value is -2.46. The summed E-state index contributed by atoms with van der Waals surface area (Å²) in [6.07, 6.45) is 2.05. The zero-order valence-electron chi connectivity index (χ0n) is 14.5. The molecule has 126 valence electrons. The molecule has 3 aromatic rings. The van der Waals surface area contributed by atoms with Crippen LogP contribution in [0.1, 0.15) is 31.4 Å². The van der Waals surface area contributed by atoms with Gasteiger partial charge in [-0.05, 0) is 32.3 Å². The van der Waals surface area contributed by atoms with Gasteiger partial charge in [-0.3, -0.25) is 4.99 Å². The van der Waals surface area contributed by atoms with Gasteiger partial charge in [-0.2, -0.15) is 5.10 Å². The van der Waals surface area contributed by atoms with Crippen LogP contribution in [-0.4, -0.2) is 16.4 Å². The van der Waals surface area contributed by atoms with Crippen LogP contribution in [0.25, 0.3) is 11.3 Å². The van der Waals surface area contributed by atoms with Gasteiger partial charge in [0.05, 0.1) is 11.4 Å². The molecule has 1 aliphatic carbocycles. The molecule has 0 atom stereocenters. The van der Waals surface area contributed by atoms with Gasteiger partial charge in [0, 0.05) is 22.5 Å². The van der Waals surface area contributed by atoms with E-state index in [0.717, 1.165) is 29.0 Å². The second kappa shape index (κ2) is 6.81. The largest absolute Gasteiger partial charge is 0.255 e. The molecule has 0 aliphatic heterocycles. The smallest absolute Gasteiger partial charge is 0.206 e. The Bertz CT molecular complexity index is 978. The maximum absolute atomic E-state index is 5.04. The van der Waals surface area contributed by atoms with Crippen LogP contribution in [0.4, 0.5) is 0 Å². The molecule has 0 radical (unpaired) electrons. The van der Waals surface area contributed by atoms with Gasteiger partial charge in [0.15, 0.2) is 0 Å². The minimum Gasteiger partial charge on any atom is -0.255 e. The number of aromatic nitrogens is 1. The van der Waals surface area contributed by atoms with Crippen molar-refractivity contribution in [2.75, 3.05) is 0 Å². The third-order valence-corrected chi connectivity index (χ3v) is 5.13. The number of rotatable bonds is 3. The molecule has 1 heterocycles. The Morgan fingerprint density at radius 1 is 0.960 bits per heavy atom. The minimum atomic E-state index is 0.240. The van der Waals surface area contributed by atoms with Gasteiger partial charge in [-0.15, -0.1) is 11.3 Å². The summed E-state index contributed by atoms with van der Waals surface area (Å²) in [5.41, 5.74) is 6.08. The summed E-state index contributed by atoms with van der Waals surface area (Å²) in [5, 5.41) is 7.19. The average Bonchev–Trinajstić information content (AvgIpc) is 3.21. The number of thiazole rings is 1. The molecule has 25 heavy (non-hydrogen) atoms. The van der Waals surface area contributed by atoms with E-state index >= 15 is 0 Å². The van der Waals surface area contributed by atoms with Crippen LogP contribution in [0, 0.1) is 0 Å². The monoisotopic (exact) mass is 347 g/mol. The molecule has 1 aliphatic rings. The van der Waals surface area contributed by atoms with Crippen molar-refractivity contribution in [2.45, 2.75) is 32.7 Å². The van der Waals surface area contributed by atoms with Crippen LogP contribution in [0.5, 0.6) is 0 Å². The van der Waals surface area contributed by atoms with Crippen molar-refractivity contribution in [2.24, 2.45) is 10.1 Å². The number of benzene rings is 2. The Morgan fingerprint density at radius 2 is 1.72 bits per heavy atom. The Labute approximate surface area is 152 Å². The zero-order valence-corrected chi connectivity index (χ0v) is 15.3. The zero-order chi connectivity index (χ0) is 17.2. The number of hydrogen-bond acceptors (Lipinski definition) is 3. The van der Waals surface area contributed by atoms with Gasteiger partial charge in [0.2, 0.25) is 4.80 Å². The second-order valence-electron chi connectivity index (χ2n) is 6.51. The Morgan fingerprint density at radius 3 is 2.52 bits per heavy atom. The number of aryl methyl sites for hydroxylation is 1. The first-order valence-electron chi connectivity index (χ1n) is 8.68. The van der Waals surface area contributed by atoms with Gasteiger partial charge >= 0.3 is 0 Å². The van der Waals surface area contributed by atoms with Crippen LogP contribution in [-0.2, 0) is 6.42 Å². The van der Waals surface area contributed by atoms with Crippen molar-refractivity contribution in [3.8, 4) is 11.3 Å². The Kier molecular flexibility index (Phi) is 4.36. The molecule has 0 unspecified atom stereocenters. The van der Waals surface area contributed by atoms with E-state index in [1.165, 1.54) is 16.7 Å². The summed E-state index contributed by atoms with van der Waals surface area (Å²) >= 11 is 1.65. The first-order chi connectivity index (χ1) is 12.2. The summed E-state index contributed by atoms with van der Waals surface area (Å²) in [5.74, 6) is 0. The lowest BCUT2D eigenvalue weighted by molar-refractivity contribution is 0.751. The van der Waals surface area contributed by atoms with E-state index in [2.05, 4.69) is 67.8 Å². The molecule has 0 amide bonds. The topological polar surface area (TPSA) is 29.6 Å². The van der Waals surface area contributed by atoms with E-state index in [9.17, 15) is 0 Å². The normalized spacial score (nSPS) is 16.0. The van der Waals surface area contributed by atoms with Gasteiger partial charge in [-0.25, -0.2) is 4.68 Å². The predicted molar refractivity (Wildman–Crippen MR) is 105 cm³/mol. The molecule has 0 bridgehead atoms. The molecule has 0 spiro atoms. The summed E-state index contributed by atoms with van der Waals surface area (Å²) in [6.45, 7) is 4.20. The fourth-order valence-electron chi connectivity index (χ4n) is 3.15. The van der Waals surface area contributed by atoms with Gasteiger partial charge in [-0.1, -0.05) is 54.6 Å². The first kappa shape index (κ1) is 16.0. The lowest BCUT2D eigenvalue weighted by Gasteiger charge is -2.06. The van der Waals surface area contributed by atoms with E-state index in [-0.39, 0.29) is 6.04 Å². The maximum Gasteiger partial charge on any atom is 0.206 e. The maximum atomic E-state index is 5.04. The standard InChI is InChI=1S/C21H21N3S/c1-15(2)22-21-24(20(14-25-21)17-9-4-3-5-10-17)23-19-13-12-16-8-6-7-11-18(16)19/h3-11,14-15H,12-13H2,1-2H3. The Balaban J connectivity index is 1.89. The molecular formula is C21H21N3S. The molecule has 1 aromatic heterocycles. The average molecular weight is 347 g/mol. The van der Waals surface area contributed by atoms with E-state index in [4.69, 9.17) is 10.1 Å². The van der Waals surface area contributed by atoms with Crippen LogP contribution < -0.4 is 4.80 Å². The minimum absolute atomic E-state index is 0.240. The summed E-state index contributed by atoms with van der Waals surface area (Å²) in [4.78, 5) is 5.73. The van der Waals surface area contributed by atoms with E-state index in [1.807, 2.05) is 10.7 Å². The summed E-state index contributed by atoms with van der Waals surface area (Å²) < 4.78 is 2.03. The van der Waals surface area contributed by atoms with Crippen molar-refractivity contribution in [1.29, 1.82) is 0 Å². The van der Waals surface area contributed by atoms with Crippen molar-refractivity contribution >= 4 is 17.0 Å². The number of fused-ring (bicyclic) bond motifs is 1.